The molecule has 0 radical (unpaired) electrons. The van der Waals surface area contributed by atoms with Gasteiger partial charge in [-0.3, -0.25) is 9.89 Å². The molecule has 124 valence electrons. The highest BCUT2D eigenvalue weighted by atomic mass is 32.2. The molecule has 0 spiro atoms. The van der Waals surface area contributed by atoms with Gasteiger partial charge in [0.05, 0.1) is 5.69 Å². The molecule has 1 atom stereocenters. The number of carbonyl (C=O) groups is 1. The Morgan fingerprint density at radius 1 is 1.30 bits per heavy atom. The quantitative estimate of drug-likeness (QED) is 0.848. The van der Waals surface area contributed by atoms with Crippen LogP contribution in [0.2, 0.25) is 0 Å². The van der Waals surface area contributed by atoms with Crippen molar-refractivity contribution in [3.05, 3.63) is 35.9 Å². The highest BCUT2D eigenvalue weighted by molar-refractivity contribution is 7.92. The molecule has 0 bridgehead atoms. The van der Waals surface area contributed by atoms with Gasteiger partial charge in [-0.2, -0.15) is 5.10 Å². The molecule has 1 amide bonds. The number of H-pyrrole nitrogens is 1. The first-order valence-electron chi connectivity index (χ1n) is 7.45. The number of aromatic amines is 1. The lowest BCUT2D eigenvalue weighted by Gasteiger charge is -2.07. The van der Waals surface area contributed by atoms with Crippen LogP contribution in [0.1, 0.15) is 25.8 Å². The van der Waals surface area contributed by atoms with E-state index in [0.29, 0.717) is 5.82 Å². The van der Waals surface area contributed by atoms with E-state index in [1.807, 2.05) is 12.1 Å². The molecule has 23 heavy (non-hydrogen) atoms. The summed E-state index contributed by atoms with van der Waals surface area (Å²) in [4.78, 5) is 11.9. The van der Waals surface area contributed by atoms with Crippen molar-refractivity contribution in [2.24, 2.45) is 0 Å². The predicted octanol–water partition coefficient (Wildman–Crippen LogP) is 2.40. The number of hydrogen-bond acceptors (Lipinski definition) is 4. The summed E-state index contributed by atoms with van der Waals surface area (Å²) in [5.41, 5.74) is 2.98. The third kappa shape index (κ3) is 4.41. The Balaban J connectivity index is 2.10. The molecule has 2 rings (SSSR count). The summed E-state index contributed by atoms with van der Waals surface area (Å²) < 4.78 is 22.8. The van der Waals surface area contributed by atoms with Crippen molar-refractivity contribution in [1.82, 2.24) is 10.2 Å². The molecular formula is C16H21N3O3S. The maximum absolute atomic E-state index is 11.9. The van der Waals surface area contributed by atoms with Crippen LogP contribution in [-0.4, -0.2) is 36.0 Å². The Morgan fingerprint density at radius 2 is 1.96 bits per heavy atom. The fraction of sp³-hybridized carbons (Fsp3) is 0.375. The van der Waals surface area contributed by atoms with E-state index in [1.54, 1.807) is 6.07 Å². The second-order valence-corrected chi connectivity index (χ2v) is 7.94. The highest BCUT2D eigenvalue weighted by Gasteiger charge is 2.24. The second kappa shape index (κ2) is 6.95. The van der Waals surface area contributed by atoms with Gasteiger partial charge in [0.15, 0.2) is 15.7 Å². The van der Waals surface area contributed by atoms with Gasteiger partial charge in [-0.1, -0.05) is 37.6 Å². The van der Waals surface area contributed by atoms with Crippen molar-refractivity contribution < 1.29 is 13.2 Å². The van der Waals surface area contributed by atoms with Crippen LogP contribution in [0.4, 0.5) is 5.82 Å². The van der Waals surface area contributed by atoms with Crippen LogP contribution in [0, 0.1) is 0 Å². The van der Waals surface area contributed by atoms with Crippen LogP contribution in [0.15, 0.2) is 30.3 Å². The average molecular weight is 335 g/mol. The second-order valence-electron chi connectivity index (χ2n) is 5.57. The van der Waals surface area contributed by atoms with Crippen LogP contribution in [-0.2, 0) is 21.1 Å². The molecule has 0 aliphatic heterocycles. The van der Waals surface area contributed by atoms with Gasteiger partial charge in [-0.25, -0.2) is 8.42 Å². The summed E-state index contributed by atoms with van der Waals surface area (Å²) in [6.07, 6.45) is 3.16. The van der Waals surface area contributed by atoms with Crippen molar-refractivity contribution in [1.29, 1.82) is 0 Å². The van der Waals surface area contributed by atoms with Gasteiger partial charge in [-0.15, -0.1) is 0 Å². The van der Waals surface area contributed by atoms with E-state index in [4.69, 9.17) is 0 Å². The first-order chi connectivity index (χ1) is 10.8. The number of sulfone groups is 1. The minimum absolute atomic E-state index is 0.304. The molecule has 2 N–H and O–H groups in total. The molecule has 0 aliphatic rings. The Kier molecular flexibility index (Phi) is 5.20. The van der Waals surface area contributed by atoms with Gasteiger partial charge >= 0.3 is 0 Å². The number of hydrogen-bond donors (Lipinski definition) is 2. The van der Waals surface area contributed by atoms with Gasteiger partial charge in [0.1, 0.15) is 5.25 Å². The number of benzene rings is 1. The molecule has 0 aliphatic carbocycles. The number of aryl methyl sites for hydroxylation is 1. The fourth-order valence-electron chi connectivity index (χ4n) is 2.10. The maximum Gasteiger partial charge on any atom is 0.243 e. The zero-order valence-electron chi connectivity index (χ0n) is 13.5. The third-order valence-corrected chi connectivity index (χ3v) is 5.14. The summed E-state index contributed by atoms with van der Waals surface area (Å²) in [5, 5.41) is 8.24. The summed E-state index contributed by atoms with van der Waals surface area (Å²) in [7, 11) is -3.43. The zero-order chi connectivity index (χ0) is 17.0. The summed E-state index contributed by atoms with van der Waals surface area (Å²) in [6.45, 7) is 3.49. The van der Waals surface area contributed by atoms with Crippen LogP contribution in [0.5, 0.6) is 0 Å². The molecular weight excluding hydrogens is 314 g/mol. The molecule has 0 saturated heterocycles. The summed E-state index contributed by atoms with van der Waals surface area (Å²) in [5.74, 6) is -0.290. The molecule has 0 fully saturated rings. The van der Waals surface area contributed by atoms with E-state index in [-0.39, 0.29) is 0 Å². The van der Waals surface area contributed by atoms with Gasteiger partial charge in [0.2, 0.25) is 5.91 Å². The lowest BCUT2D eigenvalue weighted by atomic mass is 10.1. The number of rotatable bonds is 6. The molecule has 0 saturated carbocycles. The number of amides is 1. The smallest absolute Gasteiger partial charge is 0.243 e. The zero-order valence-corrected chi connectivity index (χ0v) is 14.3. The van der Waals surface area contributed by atoms with E-state index >= 15 is 0 Å². The van der Waals surface area contributed by atoms with Gasteiger partial charge < -0.3 is 5.32 Å². The fourth-order valence-corrected chi connectivity index (χ4v) is 2.54. The Labute approximate surface area is 136 Å². The van der Waals surface area contributed by atoms with E-state index < -0.39 is 21.0 Å². The molecule has 1 aromatic heterocycles. The van der Waals surface area contributed by atoms with E-state index in [1.165, 1.54) is 12.5 Å². The highest BCUT2D eigenvalue weighted by Crippen LogP contribution is 2.21. The number of aromatic nitrogens is 2. The van der Waals surface area contributed by atoms with Crippen molar-refractivity contribution >= 4 is 21.6 Å². The Morgan fingerprint density at radius 3 is 2.52 bits per heavy atom. The van der Waals surface area contributed by atoms with Crippen molar-refractivity contribution in [2.45, 2.75) is 31.9 Å². The average Bonchev–Trinajstić information content (AvgIpc) is 2.95. The van der Waals surface area contributed by atoms with Crippen LogP contribution in [0.25, 0.3) is 11.3 Å². The monoisotopic (exact) mass is 335 g/mol. The molecule has 6 nitrogen and oxygen atoms in total. The van der Waals surface area contributed by atoms with Crippen molar-refractivity contribution in [2.75, 3.05) is 11.6 Å². The van der Waals surface area contributed by atoms with Gasteiger partial charge in [-0.05, 0) is 24.5 Å². The first kappa shape index (κ1) is 17.2. The van der Waals surface area contributed by atoms with E-state index in [0.717, 1.165) is 30.4 Å². The maximum atomic E-state index is 11.9. The third-order valence-electron chi connectivity index (χ3n) is 3.64. The molecule has 2 aromatic rings. The SMILES string of the molecule is CCCc1ccc(-c2cc(NC(=O)C(C)S(C)(=O)=O)n[nH]2)cc1. The number of nitrogens with one attached hydrogen (secondary N) is 2. The van der Waals surface area contributed by atoms with Crippen molar-refractivity contribution in [3.63, 3.8) is 0 Å². The largest absolute Gasteiger partial charge is 0.308 e. The number of nitrogens with zero attached hydrogens (tertiary/aromatic N) is 1. The first-order valence-corrected chi connectivity index (χ1v) is 9.41. The normalized spacial score (nSPS) is 12.8. The molecule has 1 heterocycles. The van der Waals surface area contributed by atoms with E-state index in [9.17, 15) is 13.2 Å². The minimum Gasteiger partial charge on any atom is -0.308 e. The van der Waals surface area contributed by atoms with Crippen LogP contribution < -0.4 is 5.32 Å². The Bertz CT molecular complexity index is 779. The molecule has 7 heteroatoms. The van der Waals surface area contributed by atoms with Gasteiger partial charge in [0, 0.05) is 12.3 Å². The number of carbonyl (C=O) groups excluding carboxylic acids is 1. The molecule has 1 aromatic carbocycles. The minimum atomic E-state index is -3.43. The lowest BCUT2D eigenvalue weighted by molar-refractivity contribution is -0.115. The number of anilines is 1. The standard InChI is InChI=1S/C16H21N3O3S/c1-4-5-12-6-8-13(9-7-12)14-10-15(19-18-14)17-16(20)11(2)23(3,21)22/h6-11H,4-5H2,1-3H3,(H2,17,18,19,20). The topological polar surface area (TPSA) is 91.9 Å². The van der Waals surface area contributed by atoms with Crippen LogP contribution >= 0.6 is 0 Å². The molecule has 1 unspecified atom stereocenters. The predicted molar refractivity (Wildman–Crippen MR) is 91.0 cm³/mol. The van der Waals surface area contributed by atoms with E-state index in [2.05, 4.69) is 34.6 Å². The summed E-state index contributed by atoms with van der Waals surface area (Å²) >= 11 is 0. The van der Waals surface area contributed by atoms with Crippen LogP contribution in [0.3, 0.4) is 0 Å². The lowest BCUT2D eigenvalue weighted by Crippen LogP contribution is -2.31. The van der Waals surface area contributed by atoms with Gasteiger partial charge in [0.25, 0.3) is 0 Å². The Hall–Kier alpha value is -2.15. The van der Waals surface area contributed by atoms with Crippen molar-refractivity contribution in [3.8, 4) is 11.3 Å². The summed E-state index contributed by atoms with van der Waals surface area (Å²) in [6, 6.07) is 9.78.